The fourth-order valence-electron chi connectivity index (χ4n) is 0.896. The van der Waals surface area contributed by atoms with Crippen LogP contribution in [0.4, 0.5) is 4.79 Å². The van der Waals surface area contributed by atoms with Crippen molar-refractivity contribution in [2.75, 3.05) is 6.54 Å². The summed E-state index contributed by atoms with van der Waals surface area (Å²) >= 11 is 0. The predicted molar refractivity (Wildman–Crippen MR) is 56.6 cm³/mol. The number of urea groups is 1. The van der Waals surface area contributed by atoms with Crippen LogP contribution < -0.4 is 16.4 Å². The molecule has 16 heavy (non-hydrogen) atoms. The molecule has 0 aromatic carbocycles. The molecule has 5 N–H and O–H groups in total. The number of aliphatic carboxylic acids is 1. The highest BCUT2D eigenvalue weighted by Crippen LogP contribution is 2.01. The van der Waals surface area contributed by atoms with Crippen molar-refractivity contribution in [3.05, 3.63) is 0 Å². The van der Waals surface area contributed by atoms with Gasteiger partial charge in [0.15, 0.2) is 0 Å². The molecular formula is C9H17N3O4. The molecule has 0 fully saturated rings. The Morgan fingerprint density at radius 3 is 2.31 bits per heavy atom. The van der Waals surface area contributed by atoms with E-state index in [9.17, 15) is 14.4 Å². The van der Waals surface area contributed by atoms with Gasteiger partial charge in [0, 0.05) is 19.0 Å². The zero-order chi connectivity index (χ0) is 12.7. The molecule has 92 valence electrons. The van der Waals surface area contributed by atoms with Crippen LogP contribution in [0.15, 0.2) is 0 Å². The molecule has 0 spiro atoms. The third-order valence-corrected chi connectivity index (χ3v) is 2.16. The van der Waals surface area contributed by atoms with E-state index in [4.69, 9.17) is 10.8 Å². The van der Waals surface area contributed by atoms with Crippen molar-refractivity contribution in [2.45, 2.75) is 26.3 Å². The van der Waals surface area contributed by atoms with E-state index in [0.29, 0.717) is 0 Å². The van der Waals surface area contributed by atoms with E-state index >= 15 is 0 Å². The lowest BCUT2D eigenvalue weighted by atomic mass is 10.0. The number of carboxylic acid groups (broad SMARTS) is 1. The Hall–Kier alpha value is -1.79. The molecule has 7 heteroatoms. The normalized spacial score (nSPS) is 13.6. The summed E-state index contributed by atoms with van der Waals surface area (Å²) in [5, 5.41) is 13.5. The van der Waals surface area contributed by atoms with Crippen molar-refractivity contribution >= 4 is 17.9 Å². The minimum atomic E-state index is -0.982. The summed E-state index contributed by atoms with van der Waals surface area (Å²) in [6.07, 6.45) is 0.0519. The zero-order valence-corrected chi connectivity index (χ0v) is 9.32. The predicted octanol–water partition coefficient (Wildman–Crippen LogP) is -0.730. The number of hydrogen-bond acceptors (Lipinski definition) is 3. The van der Waals surface area contributed by atoms with E-state index in [1.807, 2.05) is 0 Å². The van der Waals surface area contributed by atoms with Gasteiger partial charge in [0.1, 0.15) is 0 Å². The molecule has 0 aliphatic rings. The van der Waals surface area contributed by atoms with E-state index < -0.39 is 29.9 Å². The molecule has 0 saturated heterocycles. The highest BCUT2D eigenvalue weighted by molar-refractivity contribution is 5.78. The van der Waals surface area contributed by atoms with E-state index in [2.05, 4.69) is 10.6 Å². The van der Waals surface area contributed by atoms with Crippen LogP contribution in [-0.4, -0.2) is 35.6 Å². The molecule has 0 aliphatic carbocycles. The lowest BCUT2D eigenvalue weighted by molar-refractivity contribution is -0.141. The maximum atomic E-state index is 11.2. The van der Waals surface area contributed by atoms with Crippen LogP contribution in [0.3, 0.4) is 0 Å². The van der Waals surface area contributed by atoms with Crippen molar-refractivity contribution in [3.8, 4) is 0 Å². The van der Waals surface area contributed by atoms with Crippen molar-refractivity contribution in [1.82, 2.24) is 10.6 Å². The molecule has 0 saturated carbocycles. The Kier molecular flexibility index (Phi) is 5.91. The van der Waals surface area contributed by atoms with Gasteiger partial charge in [-0.1, -0.05) is 0 Å². The summed E-state index contributed by atoms with van der Waals surface area (Å²) in [5.74, 6) is -2.17. The number of amides is 3. The number of carboxylic acids is 1. The Labute approximate surface area is 93.4 Å². The van der Waals surface area contributed by atoms with Gasteiger partial charge in [-0.05, 0) is 13.8 Å². The minimum Gasteiger partial charge on any atom is -0.481 e. The first kappa shape index (κ1) is 14.2. The number of primary amides is 1. The fraction of sp³-hybridized carbons (Fsp3) is 0.667. The molecule has 2 unspecified atom stereocenters. The minimum absolute atomic E-state index is 0.0519. The maximum Gasteiger partial charge on any atom is 0.315 e. The van der Waals surface area contributed by atoms with Crippen molar-refractivity contribution in [1.29, 1.82) is 0 Å². The highest BCUT2D eigenvalue weighted by Gasteiger charge is 2.20. The molecule has 0 rings (SSSR count). The molecule has 0 aliphatic heterocycles. The second kappa shape index (κ2) is 6.65. The van der Waals surface area contributed by atoms with Crippen LogP contribution in [0.5, 0.6) is 0 Å². The first-order chi connectivity index (χ1) is 7.34. The molecule has 0 radical (unpaired) electrons. The Morgan fingerprint density at radius 2 is 1.88 bits per heavy atom. The van der Waals surface area contributed by atoms with Crippen LogP contribution in [0.25, 0.3) is 0 Å². The SMILES string of the molecule is CC(NC(=O)NCCC(N)=O)C(C)C(=O)O. The van der Waals surface area contributed by atoms with Crippen LogP contribution in [-0.2, 0) is 9.59 Å². The van der Waals surface area contributed by atoms with Gasteiger partial charge in [-0.25, -0.2) is 4.79 Å². The lowest BCUT2D eigenvalue weighted by Gasteiger charge is -2.17. The van der Waals surface area contributed by atoms with Crippen molar-refractivity contribution in [2.24, 2.45) is 11.7 Å². The molecular weight excluding hydrogens is 214 g/mol. The second-order valence-electron chi connectivity index (χ2n) is 3.53. The first-order valence-electron chi connectivity index (χ1n) is 4.90. The molecule has 3 amide bonds. The molecule has 0 aromatic heterocycles. The van der Waals surface area contributed by atoms with Gasteiger partial charge in [0.25, 0.3) is 0 Å². The van der Waals surface area contributed by atoms with Gasteiger partial charge in [0.2, 0.25) is 5.91 Å². The maximum absolute atomic E-state index is 11.2. The number of nitrogens with two attached hydrogens (primary N) is 1. The second-order valence-corrected chi connectivity index (χ2v) is 3.53. The molecule has 0 aromatic rings. The Morgan fingerprint density at radius 1 is 1.31 bits per heavy atom. The van der Waals surface area contributed by atoms with Gasteiger partial charge in [-0.3, -0.25) is 9.59 Å². The Bertz CT molecular complexity index is 280. The summed E-state index contributed by atoms with van der Waals surface area (Å²) in [6.45, 7) is 3.22. The largest absolute Gasteiger partial charge is 0.481 e. The smallest absolute Gasteiger partial charge is 0.315 e. The van der Waals surface area contributed by atoms with E-state index in [-0.39, 0.29) is 13.0 Å². The van der Waals surface area contributed by atoms with Crippen LogP contribution in [0.2, 0.25) is 0 Å². The lowest BCUT2D eigenvalue weighted by Crippen LogP contribution is -2.45. The number of nitrogens with one attached hydrogen (secondary N) is 2. The van der Waals surface area contributed by atoms with Crippen molar-refractivity contribution < 1.29 is 19.5 Å². The summed E-state index contributed by atoms with van der Waals surface area (Å²) in [5.41, 5.74) is 4.88. The number of carbonyl (C=O) groups is 3. The highest BCUT2D eigenvalue weighted by atomic mass is 16.4. The zero-order valence-electron chi connectivity index (χ0n) is 9.32. The van der Waals surface area contributed by atoms with Crippen LogP contribution >= 0.6 is 0 Å². The summed E-state index contributed by atoms with van der Waals surface area (Å²) in [4.78, 5) is 32.2. The van der Waals surface area contributed by atoms with E-state index in [1.165, 1.54) is 6.92 Å². The van der Waals surface area contributed by atoms with E-state index in [0.717, 1.165) is 0 Å². The third-order valence-electron chi connectivity index (χ3n) is 2.16. The molecule has 0 heterocycles. The van der Waals surface area contributed by atoms with Crippen LogP contribution in [0, 0.1) is 5.92 Å². The standard InChI is InChI=1S/C9H17N3O4/c1-5(8(14)15)6(2)12-9(16)11-4-3-7(10)13/h5-6H,3-4H2,1-2H3,(H2,10,13)(H,14,15)(H2,11,12,16). The van der Waals surface area contributed by atoms with Gasteiger partial charge < -0.3 is 21.5 Å². The average Bonchev–Trinajstić information content (AvgIpc) is 2.15. The number of carbonyl (C=O) groups excluding carboxylic acids is 2. The molecule has 0 bridgehead atoms. The third kappa shape index (κ3) is 5.84. The van der Waals surface area contributed by atoms with Gasteiger partial charge in [0.05, 0.1) is 5.92 Å². The molecule has 2 atom stereocenters. The van der Waals surface area contributed by atoms with Gasteiger partial charge in [-0.2, -0.15) is 0 Å². The fourth-order valence-corrected chi connectivity index (χ4v) is 0.896. The number of hydrogen-bond donors (Lipinski definition) is 4. The quantitative estimate of drug-likeness (QED) is 0.481. The van der Waals surface area contributed by atoms with Crippen LogP contribution in [0.1, 0.15) is 20.3 Å². The summed E-state index contributed by atoms with van der Waals surface area (Å²) in [7, 11) is 0. The summed E-state index contributed by atoms with van der Waals surface area (Å²) < 4.78 is 0. The van der Waals surface area contributed by atoms with Gasteiger partial charge >= 0.3 is 12.0 Å². The topological polar surface area (TPSA) is 122 Å². The molecule has 7 nitrogen and oxygen atoms in total. The Balaban J connectivity index is 3.87. The first-order valence-corrected chi connectivity index (χ1v) is 4.90. The van der Waals surface area contributed by atoms with E-state index in [1.54, 1.807) is 6.92 Å². The average molecular weight is 231 g/mol. The van der Waals surface area contributed by atoms with Gasteiger partial charge in [-0.15, -0.1) is 0 Å². The number of rotatable bonds is 6. The van der Waals surface area contributed by atoms with Crippen molar-refractivity contribution in [3.63, 3.8) is 0 Å². The summed E-state index contributed by atoms with van der Waals surface area (Å²) in [6, 6.07) is -1.01. The monoisotopic (exact) mass is 231 g/mol.